The number of fused-ring (bicyclic) bond motifs is 21. The monoisotopic (exact) mass is 992 g/mol. The lowest BCUT2D eigenvalue weighted by molar-refractivity contribution is 0.436. The molecule has 362 valence electrons. The van der Waals surface area contributed by atoms with E-state index < -0.39 is 5.41 Å². The summed E-state index contributed by atoms with van der Waals surface area (Å²) in [5.74, 6) is 1.71. The maximum atomic E-state index is 7.22. The molecule has 5 heteroatoms. The molecular weight excluding hydrogens is 949 g/mol. The molecule has 0 saturated carbocycles. The summed E-state index contributed by atoms with van der Waals surface area (Å²) >= 11 is 0. The third-order valence-electron chi connectivity index (χ3n) is 17.4. The highest BCUT2D eigenvalue weighted by atomic mass is 16.5. The Balaban J connectivity index is 0.858. The van der Waals surface area contributed by atoms with Gasteiger partial charge >= 0.3 is 0 Å². The van der Waals surface area contributed by atoms with Gasteiger partial charge in [0.2, 0.25) is 0 Å². The van der Waals surface area contributed by atoms with Gasteiger partial charge < -0.3 is 23.0 Å². The van der Waals surface area contributed by atoms with Crippen molar-refractivity contribution in [2.45, 2.75) is 5.41 Å². The molecule has 2 aliphatic rings. The Labute approximate surface area is 447 Å². The first-order valence-corrected chi connectivity index (χ1v) is 26.9. The van der Waals surface area contributed by atoms with Crippen LogP contribution in [-0.4, -0.2) is 18.3 Å². The molecule has 0 radical (unpaired) electrons. The average Bonchev–Trinajstić information content (AvgIpc) is 4.01. The van der Waals surface area contributed by atoms with E-state index in [1.54, 1.807) is 0 Å². The second kappa shape index (κ2) is 15.4. The van der Waals surface area contributed by atoms with Gasteiger partial charge in [-0.1, -0.05) is 158 Å². The van der Waals surface area contributed by atoms with Gasteiger partial charge in [-0.15, -0.1) is 0 Å². The minimum atomic E-state index is -0.715. The van der Waals surface area contributed by atoms with Gasteiger partial charge in [0, 0.05) is 77.0 Å². The summed E-state index contributed by atoms with van der Waals surface area (Å²) in [5, 5.41) is 9.84. The van der Waals surface area contributed by atoms with Crippen molar-refractivity contribution < 1.29 is 4.74 Å². The molecule has 0 fully saturated rings. The molecule has 0 amide bonds. The van der Waals surface area contributed by atoms with Gasteiger partial charge in [-0.05, 0) is 131 Å². The second-order valence-electron chi connectivity index (χ2n) is 21.2. The summed E-state index contributed by atoms with van der Waals surface area (Å²) in [5.41, 5.74) is 20.3. The molecule has 0 unspecified atom stereocenters. The zero-order chi connectivity index (χ0) is 50.8. The average molecular weight is 993 g/mol. The summed E-state index contributed by atoms with van der Waals surface area (Å²) in [6, 6.07) is 98.6. The van der Waals surface area contributed by atoms with Crippen molar-refractivity contribution in [2.24, 2.45) is 0 Å². The van der Waals surface area contributed by atoms with Crippen molar-refractivity contribution in [3.8, 4) is 45.4 Å². The molecule has 1 aliphatic heterocycles. The summed E-state index contributed by atoms with van der Waals surface area (Å²) in [7, 11) is 0. The molecule has 18 rings (SSSR count). The summed E-state index contributed by atoms with van der Waals surface area (Å²) in [6.07, 6.45) is 0. The molecule has 4 aromatic heterocycles. The van der Waals surface area contributed by atoms with Crippen LogP contribution in [0.4, 0.5) is 0 Å². The predicted molar refractivity (Wildman–Crippen MR) is 321 cm³/mol. The number of benzene rings is 12. The number of ether oxygens (including phenoxy) is 1. The Bertz CT molecular complexity index is 4840. The maximum absolute atomic E-state index is 7.22. The quantitative estimate of drug-likeness (QED) is 0.173. The third-order valence-corrected chi connectivity index (χ3v) is 17.4. The lowest BCUT2D eigenvalue weighted by Gasteiger charge is -2.40. The van der Waals surface area contributed by atoms with Gasteiger partial charge in [0.05, 0.1) is 49.5 Å². The van der Waals surface area contributed by atoms with Crippen LogP contribution in [-0.2, 0) is 5.41 Å². The van der Waals surface area contributed by atoms with E-state index in [-0.39, 0.29) is 0 Å². The normalized spacial score (nSPS) is 13.3. The van der Waals surface area contributed by atoms with Gasteiger partial charge in [-0.2, -0.15) is 0 Å². The van der Waals surface area contributed by atoms with Crippen LogP contribution in [0.1, 0.15) is 22.3 Å². The Morgan fingerprint density at radius 1 is 0.218 bits per heavy atom. The van der Waals surface area contributed by atoms with Crippen LogP contribution in [0.25, 0.3) is 121 Å². The van der Waals surface area contributed by atoms with E-state index in [9.17, 15) is 0 Å². The van der Waals surface area contributed by atoms with Gasteiger partial charge in [-0.3, -0.25) is 0 Å². The molecule has 0 saturated heterocycles. The van der Waals surface area contributed by atoms with E-state index in [0.717, 1.165) is 67.4 Å². The van der Waals surface area contributed by atoms with E-state index in [1.807, 2.05) is 0 Å². The largest absolute Gasteiger partial charge is 0.457 e. The van der Waals surface area contributed by atoms with Gasteiger partial charge in [-0.25, -0.2) is 0 Å². The number of para-hydroxylation sites is 6. The Morgan fingerprint density at radius 3 is 0.846 bits per heavy atom. The van der Waals surface area contributed by atoms with Crippen LogP contribution < -0.4 is 4.74 Å². The predicted octanol–water partition coefficient (Wildman–Crippen LogP) is 18.5. The smallest absolute Gasteiger partial charge is 0.132 e. The van der Waals surface area contributed by atoms with Crippen molar-refractivity contribution in [1.29, 1.82) is 0 Å². The minimum absolute atomic E-state index is 0.715. The number of rotatable bonds is 4. The summed E-state index contributed by atoms with van der Waals surface area (Å²) < 4.78 is 17.0. The Morgan fingerprint density at radius 2 is 0.487 bits per heavy atom. The van der Waals surface area contributed by atoms with E-state index in [0.29, 0.717) is 0 Å². The van der Waals surface area contributed by atoms with Crippen LogP contribution in [0.3, 0.4) is 0 Å². The van der Waals surface area contributed by atoms with E-state index in [2.05, 4.69) is 285 Å². The SMILES string of the molecule is c1ccc2c(c1)-c1ccccc1C21c2cc(-n3c4ccccc4c4cc(-n5c6ccccc6c6ccccc65)ccc43)ccc2Oc2ccc(-n3c4ccccc4c4cc(-n5c6ccccc6c6ccccc65)ccc43)cc21. The molecule has 78 heavy (non-hydrogen) atoms. The lowest BCUT2D eigenvalue weighted by atomic mass is 9.66. The fourth-order valence-electron chi connectivity index (χ4n) is 14.3. The minimum Gasteiger partial charge on any atom is -0.457 e. The van der Waals surface area contributed by atoms with Crippen molar-refractivity contribution >= 4 is 87.2 Å². The van der Waals surface area contributed by atoms with Gasteiger partial charge in [0.15, 0.2) is 0 Å². The maximum Gasteiger partial charge on any atom is 0.132 e. The van der Waals surface area contributed by atoms with Crippen molar-refractivity contribution in [1.82, 2.24) is 18.3 Å². The molecule has 1 aliphatic carbocycles. The number of hydrogen-bond acceptors (Lipinski definition) is 1. The van der Waals surface area contributed by atoms with Crippen molar-refractivity contribution in [3.05, 3.63) is 289 Å². The first-order valence-electron chi connectivity index (χ1n) is 26.9. The first-order chi connectivity index (χ1) is 38.7. The Hall–Kier alpha value is -10.4. The highest BCUT2D eigenvalue weighted by molar-refractivity contribution is 6.14. The highest BCUT2D eigenvalue weighted by Crippen LogP contribution is 2.63. The second-order valence-corrected chi connectivity index (χ2v) is 21.2. The number of hydrogen-bond donors (Lipinski definition) is 0. The van der Waals surface area contributed by atoms with Crippen LogP contribution in [0.2, 0.25) is 0 Å². The van der Waals surface area contributed by atoms with E-state index in [4.69, 9.17) is 4.74 Å². The fourth-order valence-corrected chi connectivity index (χ4v) is 14.3. The van der Waals surface area contributed by atoms with E-state index in [1.165, 1.54) is 87.4 Å². The number of nitrogens with zero attached hydrogens (tertiary/aromatic N) is 4. The highest BCUT2D eigenvalue weighted by Gasteiger charge is 2.51. The van der Waals surface area contributed by atoms with Crippen LogP contribution in [0.15, 0.2) is 267 Å². The molecule has 5 heterocycles. The zero-order valence-electron chi connectivity index (χ0n) is 42.1. The molecule has 5 nitrogen and oxygen atoms in total. The molecule has 12 aromatic carbocycles. The summed E-state index contributed by atoms with van der Waals surface area (Å²) in [6.45, 7) is 0. The number of aromatic nitrogens is 4. The van der Waals surface area contributed by atoms with Crippen molar-refractivity contribution in [2.75, 3.05) is 0 Å². The summed E-state index contributed by atoms with van der Waals surface area (Å²) in [4.78, 5) is 0. The molecule has 0 atom stereocenters. The van der Waals surface area contributed by atoms with Crippen LogP contribution >= 0.6 is 0 Å². The van der Waals surface area contributed by atoms with Crippen LogP contribution in [0.5, 0.6) is 11.5 Å². The van der Waals surface area contributed by atoms with Crippen LogP contribution in [0, 0.1) is 0 Å². The van der Waals surface area contributed by atoms with Gasteiger partial charge in [0.1, 0.15) is 11.5 Å². The third kappa shape index (κ3) is 5.39. The first kappa shape index (κ1) is 41.9. The van der Waals surface area contributed by atoms with Gasteiger partial charge in [0.25, 0.3) is 0 Å². The molecule has 1 spiro atoms. The standard InChI is InChI=1S/C73H44N4O/c1-9-25-59-49(17-1)50-18-2-10-26-60(50)73(59)61-43-47(76-67-31-15-7-23-55(67)57-41-45(33-37-69(57)76)74-63-27-11-3-19-51(63)52-20-4-12-28-64(52)74)35-39-71(61)78-72-40-36-48(44-62(72)73)77-68-32-16-8-24-56(68)58-42-46(34-38-70(58)77)75-65-29-13-5-21-53(65)54-22-6-14-30-66(54)75/h1-44H. The molecular formula is C73H44N4O. The zero-order valence-corrected chi connectivity index (χ0v) is 42.1. The lowest BCUT2D eigenvalue weighted by Crippen LogP contribution is -2.32. The van der Waals surface area contributed by atoms with E-state index >= 15 is 0 Å². The topological polar surface area (TPSA) is 28.9 Å². The molecule has 16 aromatic rings. The Kier molecular flexibility index (Phi) is 8.27. The molecule has 0 N–H and O–H groups in total. The molecule has 0 bridgehead atoms. The fraction of sp³-hybridized carbons (Fsp3) is 0.0137. The van der Waals surface area contributed by atoms with Crippen molar-refractivity contribution in [3.63, 3.8) is 0 Å².